The van der Waals surface area contributed by atoms with Crippen LogP contribution in [0.4, 0.5) is 0 Å². The number of halogens is 2. The predicted molar refractivity (Wildman–Crippen MR) is 64.6 cm³/mol. The molecule has 0 saturated carbocycles. The van der Waals surface area contributed by atoms with E-state index < -0.39 is 0 Å². The molecule has 1 unspecified atom stereocenters. The molecule has 0 saturated heterocycles. The zero-order valence-electron chi connectivity index (χ0n) is 8.80. The third kappa shape index (κ3) is 3.65. The van der Waals surface area contributed by atoms with Crippen LogP contribution in [0.1, 0.15) is 25.5 Å². The fourth-order valence-corrected chi connectivity index (χ4v) is 1.66. The molecule has 0 fully saturated rings. The smallest absolute Gasteiger partial charge is 0.0595 e. The Labute approximate surface area is 100 Å². The summed E-state index contributed by atoms with van der Waals surface area (Å²) in [5, 5.41) is 13.3. The molecule has 1 aromatic rings. The lowest BCUT2D eigenvalue weighted by Gasteiger charge is -2.19. The van der Waals surface area contributed by atoms with E-state index in [0.717, 1.165) is 5.56 Å². The largest absolute Gasteiger partial charge is 0.395 e. The highest BCUT2D eigenvalue weighted by Gasteiger charge is 2.09. The third-order valence-electron chi connectivity index (χ3n) is 2.25. The molecule has 2 atom stereocenters. The average Bonchev–Trinajstić information content (AvgIpc) is 2.21. The molecule has 0 aromatic heterocycles. The number of rotatable bonds is 4. The van der Waals surface area contributed by atoms with Crippen molar-refractivity contribution in [2.45, 2.75) is 25.9 Å². The molecule has 0 bridgehead atoms. The molecule has 1 aromatic carbocycles. The Morgan fingerprint density at radius 3 is 2.47 bits per heavy atom. The van der Waals surface area contributed by atoms with Gasteiger partial charge in [0.05, 0.1) is 16.7 Å². The van der Waals surface area contributed by atoms with Gasteiger partial charge in [-0.25, -0.2) is 0 Å². The number of aliphatic hydroxyl groups excluding tert-OH is 1. The molecule has 0 aliphatic carbocycles. The lowest BCUT2D eigenvalue weighted by molar-refractivity contribution is 0.243. The van der Waals surface area contributed by atoms with Gasteiger partial charge in [-0.2, -0.15) is 0 Å². The number of benzene rings is 1. The van der Waals surface area contributed by atoms with Crippen LogP contribution in [-0.4, -0.2) is 17.8 Å². The lowest BCUT2D eigenvalue weighted by Crippen LogP contribution is -2.31. The van der Waals surface area contributed by atoms with Gasteiger partial charge < -0.3 is 10.4 Å². The van der Waals surface area contributed by atoms with Gasteiger partial charge in [0, 0.05) is 12.1 Å². The van der Waals surface area contributed by atoms with Gasteiger partial charge in [0.2, 0.25) is 0 Å². The summed E-state index contributed by atoms with van der Waals surface area (Å²) in [5.41, 5.74) is 1.06. The molecule has 2 nitrogen and oxygen atoms in total. The summed E-state index contributed by atoms with van der Waals surface area (Å²) in [7, 11) is 0. The Bertz CT molecular complexity index is 330. The topological polar surface area (TPSA) is 32.3 Å². The molecule has 0 radical (unpaired) electrons. The van der Waals surface area contributed by atoms with E-state index in [9.17, 15) is 0 Å². The van der Waals surface area contributed by atoms with Crippen LogP contribution in [0.3, 0.4) is 0 Å². The number of hydrogen-bond donors (Lipinski definition) is 2. The molecule has 0 heterocycles. The van der Waals surface area contributed by atoms with Crippen molar-refractivity contribution in [3.63, 3.8) is 0 Å². The van der Waals surface area contributed by atoms with Gasteiger partial charge in [-0.1, -0.05) is 29.3 Å². The quantitative estimate of drug-likeness (QED) is 0.858. The minimum absolute atomic E-state index is 0.0643. The molecule has 1 rings (SSSR count). The Hall–Kier alpha value is -0.280. The highest BCUT2D eigenvalue weighted by molar-refractivity contribution is 6.42. The highest BCUT2D eigenvalue weighted by atomic mass is 35.5. The van der Waals surface area contributed by atoms with E-state index in [1.807, 2.05) is 26.0 Å². The van der Waals surface area contributed by atoms with Crippen molar-refractivity contribution < 1.29 is 5.11 Å². The van der Waals surface area contributed by atoms with Crippen molar-refractivity contribution >= 4 is 23.2 Å². The number of aliphatic hydroxyl groups is 1. The second-order valence-corrected chi connectivity index (χ2v) is 4.46. The molecule has 0 aliphatic rings. The van der Waals surface area contributed by atoms with E-state index in [0.29, 0.717) is 10.0 Å². The number of hydrogen-bond acceptors (Lipinski definition) is 2. The maximum atomic E-state index is 8.92. The minimum Gasteiger partial charge on any atom is -0.395 e. The van der Waals surface area contributed by atoms with E-state index in [4.69, 9.17) is 28.3 Å². The van der Waals surface area contributed by atoms with Gasteiger partial charge >= 0.3 is 0 Å². The summed E-state index contributed by atoms with van der Waals surface area (Å²) in [6.45, 7) is 4.06. The van der Waals surface area contributed by atoms with E-state index in [2.05, 4.69) is 5.32 Å². The van der Waals surface area contributed by atoms with Gasteiger partial charge in [-0.3, -0.25) is 0 Å². The summed E-state index contributed by atoms with van der Waals surface area (Å²) < 4.78 is 0. The molecule has 0 aliphatic heterocycles. The van der Waals surface area contributed by atoms with Crippen LogP contribution in [0.2, 0.25) is 10.0 Å². The van der Waals surface area contributed by atoms with Gasteiger partial charge in [-0.15, -0.1) is 0 Å². The van der Waals surface area contributed by atoms with E-state index in [1.165, 1.54) is 0 Å². The van der Waals surface area contributed by atoms with Crippen molar-refractivity contribution in [1.82, 2.24) is 5.32 Å². The molecule has 4 heteroatoms. The fourth-order valence-electron chi connectivity index (χ4n) is 1.36. The van der Waals surface area contributed by atoms with E-state index in [-0.39, 0.29) is 18.7 Å². The Morgan fingerprint density at radius 2 is 1.93 bits per heavy atom. The lowest BCUT2D eigenvalue weighted by atomic mass is 10.1. The summed E-state index contributed by atoms with van der Waals surface area (Å²) in [6, 6.07) is 5.75. The average molecular weight is 248 g/mol. The zero-order valence-corrected chi connectivity index (χ0v) is 10.3. The first kappa shape index (κ1) is 12.8. The van der Waals surface area contributed by atoms with Crippen LogP contribution in [0.25, 0.3) is 0 Å². The summed E-state index contributed by atoms with van der Waals surface area (Å²) in [5.74, 6) is 0. The van der Waals surface area contributed by atoms with Gasteiger partial charge in [0.1, 0.15) is 0 Å². The molecule has 0 spiro atoms. The van der Waals surface area contributed by atoms with E-state index >= 15 is 0 Å². The van der Waals surface area contributed by atoms with Crippen LogP contribution in [0.15, 0.2) is 18.2 Å². The van der Waals surface area contributed by atoms with E-state index in [1.54, 1.807) is 6.07 Å². The summed E-state index contributed by atoms with van der Waals surface area (Å²) in [4.78, 5) is 0. The van der Waals surface area contributed by atoms with Crippen LogP contribution in [0.5, 0.6) is 0 Å². The molecule has 2 N–H and O–H groups in total. The summed E-state index contributed by atoms with van der Waals surface area (Å²) >= 11 is 11.7. The van der Waals surface area contributed by atoms with Gasteiger partial charge in [0.15, 0.2) is 0 Å². The zero-order chi connectivity index (χ0) is 11.4. The maximum Gasteiger partial charge on any atom is 0.0595 e. The normalized spacial score (nSPS) is 15.0. The predicted octanol–water partition coefficient (Wildman–Crippen LogP) is 3.02. The molecule has 84 valence electrons. The van der Waals surface area contributed by atoms with Crippen molar-refractivity contribution in [3.8, 4) is 0 Å². The highest BCUT2D eigenvalue weighted by Crippen LogP contribution is 2.25. The van der Waals surface area contributed by atoms with Crippen LogP contribution in [0, 0.1) is 0 Å². The Morgan fingerprint density at radius 1 is 1.27 bits per heavy atom. The van der Waals surface area contributed by atoms with Crippen molar-refractivity contribution in [1.29, 1.82) is 0 Å². The maximum absolute atomic E-state index is 8.92. The first-order valence-electron chi connectivity index (χ1n) is 4.86. The number of nitrogens with one attached hydrogen (secondary N) is 1. The molecular formula is C11H15Cl2NO. The second-order valence-electron chi connectivity index (χ2n) is 3.65. The molecular weight excluding hydrogens is 233 g/mol. The monoisotopic (exact) mass is 247 g/mol. The van der Waals surface area contributed by atoms with Gasteiger partial charge in [0.25, 0.3) is 0 Å². The van der Waals surface area contributed by atoms with Gasteiger partial charge in [-0.05, 0) is 31.5 Å². The summed E-state index contributed by atoms with van der Waals surface area (Å²) in [6.07, 6.45) is 0. The van der Waals surface area contributed by atoms with Crippen LogP contribution in [-0.2, 0) is 0 Å². The SMILES string of the molecule is CC(N[C@H](C)CO)c1ccc(Cl)c(Cl)c1. The van der Waals surface area contributed by atoms with Crippen molar-refractivity contribution in [3.05, 3.63) is 33.8 Å². The molecule has 15 heavy (non-hydrogen) atoms. The first-order valence-corrected chi connectivity index (χ1v) is 5.62. The van der Waals surface area contributed by atoms with Crippen molar-refractivity contribution in [2.75, 3.05) is 6.61 Å². The third-order valence-corrected chi connectivity index (χ3v) is 2.99. The first-order chi connectivity index (χ1) is 7.04. The molecule has 0 amide bonds. The fraction of sp³-hybridized carbons (Fsp3) is 0.455. The van der Waals surface area contributed by atoms with Crippen molar-refractivity contribution in [2.24, 2.45) is 0 Å². The standard InChI is InChI=1S/C11H15Cl2NO/c1-7(6-15)14-8(2)9-3-4-10(12)11(13)5-9/h3-5,7-8,14-15H,6H2,1-2H3/t7-,8?/m1/s1. The Balaban J connectivity index is 2.73. The second kappa shape index (κ2) is 5.71. The minimum atomic E-state index is 0.0643. The van der Waals surface area contributed by atoms with Crippen LogP contribution >= 0.6 is 23.2 Å². The van der Waals surface area contributed by atoms with Crippen LogP contribution < -0.4 is 5.32 Å². The Kier molecular flexibility index (Phi) is 4.87.